The van der Waals surface area contributed by atoms with Gasteiger partial charge in [0, 0.05) is 12.7 Å². The maximum Gasteiger partial charge on any atom is 0.419 e. The third kappa shape index (κ3) is 4.41. The molecular formula is C25H23F4N5O2S. The molecule has 194 valence electrons. The molecule has 1 aromatic carbocycles. The van der Waals surface area contributed by atoms with Crippen molar-refractivity contribution in [3.8, 4) is 6.07 Å². The number of benzene rings is 1. The summed E-state index contributed by atoms with van der Waals surface area (Å²) in [6.45, 7) is 3.96. The van der Waals surface area contributed by atoms with Gasteiger partial charge in [-0.2, -0.15) is 18.4 Å². The zero-order valence-corrected chi connectivity index (χ0v) is 21.1. The predicted octanol–water partition coefficient (Wildman–Crippen LogP) is 4.95. The molecule has 0 bridgehead atoms. The SMILES string of the molecule is CNC(=O)c1ccc(N2C(=S)N(c3cnc(C#N)c(C(F)(F)F)c3)C(=O)C23CCCC(C)(C)C3)cc1F. The summed E-state index contributed by atoms with van der Waals surface area (Å²) in [7, 11) is 1.36. The van der Waals surface area contributed by atoms with Crippen LogP contribution in [0.25, 0.3) is 0 Å². The first-order chi connectivity index (χ1) is 17.3. The minimum Gasteiger partial charge on any atom is -0.355 e. The van der Waals surface area contributed by atoms with Gasteiger partial charge < -0.3 is 10.2 Å². The summed E-state index contributed by atoms with van der Waals surface area (Å²) in [5.41, 5.74) is -3.98. The fourth-order valence-corrected chi connectivity index (χ4v) is 5.77. The van der Waals surface area contributed by atoms with Crippen LogP contribution in [0.5, 0.6) is 0 Å². The molecule has 12 heteroatoms. The van der Waals surface area contributed by atoms with E-state index in [9.17, 15) is 27.2 Å². The lowest BCUT2D eigenvalue weighted by atomic mass is 9.67. The molecule has 37 heavy (non-hydrogen) atoms. The Kier molecular flexibility index (Phi) is 6.48. The summed E-state index contributed by atoms with van der Waals surface area (Å²) in [6, 6.07) is 5.91. The molecule has 2 heterocycles. The third-order valence-corrected chi connectivity index (χ3v) is 7.22. The Labute approximate surface area is 216 Å². The number of carbonyl (C=O) groups excluding carboxylic acids is 2. The lowest BCUT2D eigenvalue weighted by Crippen LogP contribution is -2.54. The van der Waals surface area contributed by atoms with Crippen molar-refractivity contribution in [2.75, 3.05) is 16.8 Å². The monoisotopic (exact) mass is 533 g/mol. The highest BCUT2D eigenvalue weighted by atomic mass is 32.1. The van der Waals surface area contributed by atoms with Crippen LogP contribution >= 0.6 is 12.2 Å². The standard InChI is InChI=1S/C25H23F4N5O2S/c1-23(2)7-4-8-24(13-23)21(36)33(15-9-17(25(27,28)29)19(11-30)32-12-15)22(37)34(24)14-5-6-16(18(26)10-14)20(35)31-3/h5-6,9-10,12H,4,7-8,13H2,1-3H3,(H,31,35). The van der Waals surface area contributed by atoms with Crippen LogP contribution in [0.4, 0.5) is 28.9 Å². The molecule has 1 saturated carbocycles. The second kappa shape index (κ2) is 9.06. The van der Waals surface area contributed by atoms with Crippen LogP contribution < -0.4 is 15.1 Å². The van der Waals surface area contributed by atoms with Gasteiger partial charge in [-0.15, -0.1) is 0 Å². The number of halogens is 4. The number of nitrogens with one attached hydrogen (secondary N) is 1. The number of aromatic nitrogens is 1. The highest BCUT2D eigenvalue weighted by Crippen LogP contribution is 2.50. The fourth-order valence-electron chi connectivity index (χ4n) is 5.30. The lowest BCUT2D eigenvalue weighted by molar-refractivity contribution is -0.138. The molecule has 7 nitrogen and oxygen atoms in total. The number of nitrogens with zero attached hydrogens (tertiary/aromatic N) is 4. The molecule has 1 unspecified atom stereocenters. The van der Waals surface area contributed by atoms with E-state index in [1.807, 2.05) is 13.8 Å². The number of rotatable bonds is 3. The van der Waals surface area contributed by atoms with E-state index in [-0.39, 0.29) is 27.5 Å². The quantitative estimate of drug-likeness (QED) is 0.444. The fraction of sp³-hybridized carbons (Fsp3) is 0.400. The van der Waals surface area contributed by atoms with Crippen LogP contribution in [-0.4, -0.2) is 34.5 Å². The van der Waals surface area contributed by atoms with Crippen molar-refractivity contribution in [2.45, 2.75) is 51.2 Å². The van der Waals surface area contributed by atoms with E-state index in [1.165, 1.54) is 30.1 Å². The Morgan fingerprint density at radius 1 is 1.22 bits per heavy atom. The second-order valence-electron chi connectivity index (χ2n) is 9.93. The van der Waals surface area contributed by atoms with Gasteiger partial charge in [0.1, 0.15) is 17.4 Å². The molecule has 4 rings (SSSR count). The second-order valence-corrected chi connectivity index (χ2v) is 10.3. The van der Waals surface area contributed by atoms with Crippen molar-refractivity contribution >= 4 is 40.5 Å². The minimum atomic E-state index is -4.89. The number of hydrogen-bond donors (Lipinski definition) is 1. The van der Waals surface area contributed by atoms with Gasteiger partial charge >= 0.3 is 6.18 Å². The van der Waals surface area contributed by atoms with Gasteiger partial charge in [-0.3, -0.25) is 14.5 Å². The molecule has 1 saturated heterocycles. The van der Waals surface area contributed by atoms with Gasteiger partial charge in [-0.1, -0.05) is 20.3 Å². The molecular weight excluding hydrogens is 510 g/mol. The molecule has 1 aromatic heterocycles. The molecule has 1 N–H and O–H groups in total. The largest absolute Gasteiger partial charge is 0.419 e. The van der Waals surface area contributed by atoms with Gasteiger partial charge in [0.15, 0.2) is 10.8 Å². The van der Waals surface area contributed by atoms with Crippen LogP contribution in [0, 0.1) is 22.6 Å². The van der Waals surface area contributed by atoms with Crippen molar-refractivity contribution in [2.24, 2.45) is 5.41 Å². The average molecular weight is 534 g/mol. The molecule has 0 radical (unpaired) electrons. The molecule has 2 fully saturated rings. The molecule has 1 aliphatic heterocycles. The number of hydrogen-bond acceptors (Lipinski definition) is 5. The van der Waals surface area contributed by atoms with Gasteiger partial charge in [-0.05, 0) is 61.2 Å². The number of carbonyl (C=O) groups is 2. The first kappa shape index (κ1) is 26.5. The van der Waals surface area contributed by atoms with Crippen LogP contribution in [0.15, 0.2) is 30.5 Å². The summed E-state index contributed by atoms with van der Waals surface area (Å²) in [6.07, 6.45) is -1.81. The number of thiocarbonyl (C=S) groups is 1. The van der Waals surface area contributed by atoms with E-state index in [4.69, 9.17) is 17.5 Å². The summed E-state index contributed by atoms with van der Waals surface area (Å²) in [5.74, 6) is -2.03. The van der Waals surface area contributed by atoms with Crippen molar-refractivity contribution < 1.29 is 27.2 Å². The van der Waals surface area contributed by atoms with E-state index in [2.05, 4.69) is 10.3 Å². The van der Waals surface area contributed by atoms with Crippen molar-refractivity contribution in [1.29, 1.82) is 5.26 Å². The highest BCUT2D eigenvalue weighted by Gasteiger charge is 2.59. The van der Waals surface area contributed by atoms with E-state index >= 15 is 0 Å². The molecule has 2 aromatic rings. The molecule has 2 aliphatic rings. The van der Waals surface area contributed by atoms with Gasteiger partial charge in [0.25, 0.3) is 11.8 Å². The Bertz CT molecular complexity index is 1350. The molecule has 2 amide bonds. The lowest BCUT2D eigenvalue weighted by Gasteiger charge is -2.45. The van der Waals surface area contributed by atoms with E-state index in [0.29, 0.717) is 25.3 Å². The van der Waals surface area contributed by atoms with Crippen LogP contribution in [0.1, 0.15) is 61.1 Å². The molecule has 1 atom stereocenters. The summed E-state index contributed by atoms with van der Waals surface area (Å²) < 4.78 is 55.9. The van der Waals surface area contributed by atoms with Crippen molar-refractivity contribution in [1.82, 2.24) is 10.3 Å². The third-order valence-electron chi connectivity index (χ3n) is 6.85. The van der Waals surface area contributed by atoms with Gasteiger partial charge in [0.2, 0.25) is 0 Å². The van der Waals surface area contributed by atoms with Crippen LogP contribution in [0.2, 0.25) is 0 Å². The first-order valence-electron chi connectivity index (χ1n) is 11.4. The number of pyridine rings is 1. The van der Waals surface area contributed by atoms with Gasteiger partial charge in [-0.25, -0.2) is 9.37 Å². The maximum atomic E-state index is 15.0. The summed E-state index contributed by atoms with van der Waals surface area (Å²) in [5, 5.41) is 11.3. The summed E-state index contributed by atoms with van der Waals surface area (Å²) >= 11 is 5.64. The summed E-state index contributed by atoms with van der Waals surface area (Å²) in [4.78, 5) is 32.1. The van der Waals surface area contributed by atoms with E-state index in [0.717, 1.165) is 23.6 Å². The zero-order chi connectivity index (χ0) is 27.3. The van der Waals surface area contributed by atoms with E-state index < -0.39 is 40.6 Å². The zero-order valence-electron chi connectivity index (χ0n) is 20.2. The Hall–Kier alpha value is -3.59. The number of amides is 2. The molecule has 1 spiro atoms. The van der Waals surface area contributed by atoms with Crippen LogP contribution in [-0.2, 0) is 11.0 Å². The Morgan fingerprint density at radius 2 is 1.92 bits per heavy atom. The van der Waals surface area contributed by atoms with Crippen molar-refractivity contribution in [3.63, 3.8) is 0 Å². The maximum absolute atomic E-state index is 15.0. The minimum absolute atomic E-state index is 0.144. The Morgan fingerprint density at radius 3 is 2.49 bits per heavy atom. The normalized spacial score (nSPS) is 21.4. The smallest absolute Gasteiger partial charge is 0.355 e. The van der Waals surface area contributed by atoms with Gasteiger partial charge in [0.05, 0.1) is 23.0 Å². The molecule has 1 aliphatic carbocycles. The van der Waals surface area contributed by atoms with E-state index in [1.54, 1.807) is 0 Å². The number of anilines is 2. The average Bonchev–Trinajstić information content (AvgIpc) is 3.02. The topological polar surface area (TPSA) is 89.3 Å². The first-order valence-corrected chi connectivity index (χ1v) is 11.8. The Balaban J connectivity index is 1.89. The predicted molar refractivity (Wildman–Crippen MR) is 131 cm³/mol. The van der Waals surface area contributed by atoms with Crippen LogP contribution in [0.3, 0.4) is 0 Å². The number of alkyl halides is 3. The highest BCUT2D eigenvalue weighted by molar-refractivity contribution is 7.81. The van der Waals surface area contributed by atoms with Crippen molar-refractivity contribution in [3.05, 3.63) is 53.1 Å². The number of nitriles is 1.